The molecule has 0 spiro atoms. The first-order valence-electron chi connectivity index (χ1n) is 11.5. The number of aromatic amines is 1. The summed E-state index contributed by atoms with van der Waals surface area (Å²) >= 11 is 0. The number of H-pyrrole nitrogens is 1. The number of fused-ring (bicyclic) bond motifs is 3. The van der Waals surface area contributed by atoms with E-state index in [2.05, 4.69) is 15.0 Å². The van der Waals surface area contributed by atoms with Crippen molar-refractivity contribution in [2.45, 2.75) is 23.9 Å². The van der Waals surface area contributed by atoms with Crippen molar-refractivity contribution in [2.75, 3.05) is 33.1 Å². The number of carbonyl (C=O) groups excluding carboxylic acids is 1. The van der Waals surface area contributed by atoms with Gasteiger partial charge in [-0.1, -0.05) is 0 Å². The molecule has 1 aliphatic rings. The number of piperidine rings is 1. The molecule has 0 aliphatic carbocycles. The highest BCUT2D eigenvalue weighted by atomic mass is 32.2. The Balaban J connectivity index is 1.63. The molecule has 4 aromatic heterocycles. The van der Waals surface area contributed by atoms with E-state index < -0.39 is 21.1 Å². The minimum Gasteiger partial charge on any atom is -0.375 e. The first-order valence-corrected chi connectivity index (χ1v) is 13.4. The fraction of sp³-hybridized carbons (Fsp3) is 0.333. The molecule has 0 saturated carbocycles. The molecular weight excluding hydrogens is 500 g/mol. The molecule has 0 atom stereocenters. The van der Waals surface area contributed by atoms with Gasteiger partial charge in [0, 0.05) is 50.5 Å². The summed E-state index contributed by atoms with van der Waals surface area (Å²) < 4.78 is 30.0. The van der Waals surface area contributed by atoms with Crippen LogP contribution >= 0.6 is 0 Å². The van der Waals surface area contributed by atoms with Crippen LogP contribution in [0.15, 0.2) is 51.3 Å². The van der Waals surface area contributed by atoms with E-state index in [0.717, 1.165) is 6.26 Å². The van der Waals surface area contributed by atoms with Crippen LogP contribution in [0.1, 0.15) is 18.9 Å². The second kappa shape index (κ2) is 9.48. The highest BCUT2D eigenvalue weighted by molar-refractivity contribution is 7.90. The number of pyridine rings is 3. The zero-order chi connectivity index (χ0) is 26.3. The van der Waals surface area contributed by atoms with E-state index >= 15 is 0 Å². The van der Waals surface area contributed by atoms with E-state index in [1.807, 2.05) is 0 Å². The monoisotopic (exact) mass is 524 g/mol. The molecule has 0 unspecified atom stereocenters. The number of nitrogens with zero attached hydrogens (tertiary/aromatic N) is 5. The molecule has 13 heteroatoms. The Hall–Kier alpha value is -3.97. The molecule has 192 valence electrons. The number of rotatable bonds is 5. The lowest BCUT2D eigenvalue weighted by Gasteiger charge is -2.33. The first-order chi connectivity index (χ1) is 17.7. The smallest absolute Gasteiger partial charge is 0.329 e. The van der Waals surface area contributed by atoms with Gasteiger partial charge < -0.3 is 9.64 Å². The topological polar surface area (TPSA) is 157 Å². The van der Waals surface area contributed by atoms with E-state index in [4.69, 9.17) is 9.72 Å². The molecule has 0 radical (unpaired) electrons. The molecule has 1 N–H and O–H groups in total. The Labute approximate surface area is 210 Å². The van der Waals surface area contributed by atoms with Crippen LogP contribution in [0, 0.1) is 0 Å². The molecule has 1 fully saturated rings. The maximum Gasteiger partial charge on any atom is 0.329 e. The molecule has 4 aromatic rings. The van der Waals surface area contributed by atoms with Gasteiger partial charge in [-0.05, 0) is 37.1 Å². The van der Waals surface area contributed by atoms with Crippen molar-refractivity contribution >= 4 is 37.7 Å². The molecule has 0 bridgehead atoms. The number of carbonyl (C=O) groups is 1. The molecular formula is C24H24N6O6S. The van der Waals surface area contributed by atoms with Gasteiger partial charge in [0.2, 0.25) is 5.91 Å². The van der Waals surface area contributed by atoms with Gasteiger partial charge in [-0.15, -0.1) is 0 Å². The van der Waals surface area contributed by atoms with Crippen molar-refractivity contribution < 1.29 is 17.9 Å². The van der Waals surface area contributed by atoms with Crippen LogP contribution in [0.3, 0.4) is 0 Å². The Bertz CT molecular complexity index is 1740. The number of methoxy groups -OCH3 is 1. The van der Waals surface area contributed by atoms with E-state index in [1.54, 1.807) is 27.7 Å². The summed E-state index contributed by atoms with van der Waals surface area (Å²) in [7, 11) is -1.99. The summed E-state index contributed by atoms with van der Waals surface area (Å²) in [6, 6.07) is 6.17. The molecule has 0 aromatic carbocycles. The Morgan fingerprint density at radius 3 is 2.51 bits per heavy atom. The summed E-state index contributed by atoms with van der Waals surface area (Å²) in [4.78, 5) is 55.2. The zero-order valence-corrected chi connectivity index (χ0v) is 21.0. The summed E-state index contributed by atoms with van der Waals surface area (Å²) in [6.07, 6.45) is 4.94. The summed E-state index contributed by atoms with van der Waals surface area (Å²) in [6.45, 7) is 0.884. The first kappa shape index (κ1) is 24.7. The molecule has 37 heavy (non-hydrogen) atoms. The lowest BCUT2D eigenvalue weighted by atomic mass is 10.0. The van der Waals surface area contributed by atoms with Crippen LogP contribution in [-0.2, 0) is 19.4 Å². The second-order valence-corrected chi connectivity index (χ2v) is 10.9. The van der Waals surface area contributed by atoms with Gasteiger partial charge in [-0.2, -0.15) is 0 Å². The number of likely N-dealkylation sites (tertiary alicyclic amines) is 1. The standard InChI is InChI=1S/C24H24N6O6S/c1-36-13-20(31)29-9-7-15(8-10-29)30-22-16(23(32)28-24(30)33)12-25-18-5-4-17(27-21(18)22)14-3-6-19(26-11-14)37(2,34)35/h3-6,11-12,15H,7-10,13H2,1-2H3,(H,28,32,33). The van der Waals surface area contributed by atoms with Crippen molar-refractivity contribution in [2.24, 2.45) is 0 Å². The Morgan fingerprint density at radius 1 is 1.11 bits per heavy atom. The maximum absolute atomic E-state index is 13.1. The molecule has 1 saturated heterocycles. The summed E-state index contributed by atoms with van der Waals surface area (Å²) in [5.41, 5.74) is 1.14. The van der Waals surface area contributed by atoms with E-state index in [1.165, 1.54) is 25.6 Å². The van der Waals surface area contributed by atoms with Crippen LogP contribution < -0.4 is 11.2 Å². The minimum absolute atomic E-state index is 0.00473. The summed E-state index contributed by atoms with van der Waals surface area (Å²) in [5, 5.41) is 0.167. The quantitative estimate of drug-likeness (QED) is 0.375. The number of nitrogens with one attached hydrogen (secondary N) is 1. The van der Waals surface area contributed by atoms with Crippen LogP contribution in [0.4, 0.5) is 0 Å². The van der Waals surface area contributed by atoms with E-state index in [-0.39, 0.29) is 29.0 Å². The van der Waals surface area contributed by atoms with Gasteiger partial charge in [0.1, 0.15) is 12.1 Å². The van der Waals surface area contributed by atoms with E-state index in [9.17, 15) is 22.8 Å². The molecule has 1 amide bonds. The predicted octanol–water partition coefficient (Wildman–Crippen LogP) is 0.908. The van der Waals surface area contributed by atoms with Gasteiger partial charge in [-0.3, -0.25) is 24.1 Å². The van der Waals surface area contributed by atoms with Gasteiger partial charge >= 0.3 is 5.69 Å². The van der Waals surface area contributed by atoms with Gasteiger partial charge in [0.15, 0.2) is 14.9 Å². The fourth-order valence-corrected chi connectivity index (χ4v) is 5.20. The summed E-state index contributed by atoms with van der Waals surface area (Å²) in [5.74, 6) is -0.115. The van der Waals surface area contributed by atoms with Gasteiger partial charge in [-0.25, -0.2) is 23.2 Å². The zero-order valence-electron chi connectivity index (χ0n) is 20.2. The van der Waals surface area contributed by atoms with Crippen LogP contribution in [-0.4, -0.2) is 76.8 Å². The van der Waals surface area contributed by atoms with Crippen molar-refractivity contribution in [1.82, 2.24) is 29.4 Å². The number of sulfone groups is 1. The van der Waals surface area contributed by atoms with Gasteiger partial charge in [0.05, 0.1) is 22.1 Å². The Kier molecular flexibility index (Phi) is 6.33. The lowest BCUT2D eigenvalue weighted by molar-refractivity contribution is -0.136. The second-order valence-electron chi connectivity index (χ2n) is 8.92. The normalized spacial score (nSPS) is 14.9. The number of hydrogen-bond acceptors (Lipinski definition) is 9. The van der Waals surface area contributed by atoms with Crippen molar-refractivity contribution in [1.29, 1.82) is 0 Å². The van der Waals surface area contributed by atoms with Crippen LogP contribution in [0.2, 0.25) is 0 Å². The van der Waals surface area contributed by atoms with Crippen LogP contribution in [0.25, 0.3) is 33.2 Å². The predicted molar refractivity (Wildman–Crippen MR) is 135 cm³/mol. The SMILES string of the molecule is COCC(=O)N1CCC(n2c(=O)[nH]c(=O)c3cnc4ccc(-c5ccc(S(C)(=O)=O)nc5)nc4c32)CC1. The van der Waals surface area contributed by atoms with Crippen LogP contribution in [0.5, 0.6) is 0 Å². The third-order valence-electron chi connectivity index (χ3n) is 6.47. The molecule has 1 aliphatic heterocycles. The number of hydrogen-bond donors (Lipinski definition) is 1. The average molecular weight is 525 g/mol. The van der Waals surface area contributed by atoms with Crippen molar-refractivity contribution in [3.8, 4) is 11.3 Å². The lowest BCUT2D eigenvalue weighted by Crippen LogP contribution is -2.43. The van der Waals surface area contributed by atoms with Crippen molar-refractivity contribution in [3.63, 3.8) is 0 Å². The minimum atomic E-state index is -3.45. The molecule has 5 heterocycles. The highest BCUT2D eigenvalue weighted by Gasteiger charge is 2.27. The average Bonchev–Trinajstić information content (AvgIpc) is 2.88. The largest absolute Gasteiger partial charge is 0.375 e. The third-order valence-corrected chi connectivity index (χ3v) is 7.47. The van der Waals surface area contributed by atoms with Crippen molar-refractivity contribution in [3.05, 3.63) is 57.5 Å². The number of amides is 1. The maximum atomic E-state index is 13.1. The molecule has 5 rings (SSSR count). The van der Waals surface area contributed by atoms with Gasteiger partial charge in [0.25, 0.3) is 5.56 Å². The highest BCUT2D eigenvalue weighted by Crippen LogP contribution is 2.29. The Morgan fingerprint density at radius 2 is 1.86 bits per heavy atom. The molecule has 12 nitrogen and oxygen atoms in total. The number of ether oxygens (including phenoxy) is 1. The third kappa shape index (κ3) is 4.62. The number of aromatic nitrogens is 5. The van der Waals surface area contributed by atoms with E-state index in [0.29, 0.717) is 53.7 Å². The fourth-order valence-electron chi connectivity index (χ4n) is 4.64.